The zero-order valence-electron chi connectivity index (χ0n) is 11.7. The van der Waals surface area contributed by atoms with Crippen LogP contribution in [0.25, 0.3) is 0 Å². The van der Waals surface area contributed by atoms with Crippen LogP contribution >= 0.6 is 27.5 Å². The topological polar surface area (TPSA) is 59.4 Å². The minimum absolute atomic E-state index is 0.201. The van der Waals surface area contributed by atoms with Gasteiger partial charge in [0.2, 0.25) is 5.78 Å². The number of ketones is 1. The first-order valence-electron chi connectivity index (χ1n) is 6.73. The third-order valence-electron chi connectivity index (χ3n) is 3.55. The lowest BCUT2D eigenvalue weighted by atomic mass is 9.86. The summed E-state index contributed by atoms with van der Waals surface area (Å²) in [5, 5.41) is -0.597. The first kappa shape index (κ1) is 15.8. The molecule has 0 fully saturated rings. The zero-order chi connectivity index (χ0) is 16.4. The van der Waals surface area contributed by atoms with Crippen LogP contribution in [0.1, 0.15) is 26.4 Å². The van der Waals surface area contributed by atoms with Gasteiger partial charge in [0, 0.05) is 22.4 Å². The standard InChI is InChI=1S/C17H10BrClN2O2/c18-13-5-2-1-4-12(13)15(22)17(8-3-9-21-17)14-7-6-11(10-20-14)16(19)23/h1-10H. The van der Waals surface area contributed by atoms with Crippen LogP contribution in [0.5, 0.6) is 0 Å². The van der Waals surface area contributed by atoms with Gasteiger partial charge in [-0.1, -0.05) is 34.1 Å². The van der Waals surface area contributed by atoms with Gasteiger partial charge in [-0.15, -0.1) is 0 Å². The van der Waals surface area contributed by atoms with Crippen LogP contribution < -0.4 is 0 Å². The van der Waals surface area contributed by atoms with Crippen LogP contribution in [0.3, 0.4) is 0 Å². The van der Waals surface area contributed by atoms with Gasteiger partial charge < -0.3 is 0 Å². The molecule has 6 heteroatoms. The number of nitrogens with zero attached hydrogens (tertiary/aromatic N) is 2. The molecule has 1 aliphatic rings. The van der Waals surface area contributed by atoms with Gasteiger partial charge in [-0.2, -0.15) is 0 Å². The maximum atomic E-state index is 13.1. The van der Waals surface area contributed by atoms with Gasteiger partial charge in [-0.3, -0.25) is 19.6 Å². The van der Waals surface area contributed by atoms with Crippen molar-refractivity contribution in [2.75, 3.05) is 0 Å². The quantitative estimate of drug-likeness (QED) is 0.588. The molecule has 1 aromatic carbocycles. The van der Waals surface area contributed by atoms with E-state index in [1.54, 1.807) is 42.6 Å². The third kappa shape index (κ3) is 2.78. The minimum Gasteiger partial charge on any atom is -0.291 e. The molecule has 0 N–H and O–H groups in total. The van der Waals surface area contributed by atoms with Crippen LogP contribution in [0, 0.1) is 0 Å². The third-order valence-corrected chi connectivity index (χ3v) is 4.46. The van der Waals surface area contributed by atoms with Gasteiger partial charge in [-0.05, 0) is 42.0 Å². The molecule has 0 aliphatic carbocycles. The van der Waals surface area contributed by atoms with Crippen molar-refractivity contribution in [3.63, 3.8) is 0 Å². The lowest BCUT2D eigenvalue weighted by Crippen LogP contribution is -2.32. The number of pyridine rings is 1. The van der Waals surface area contributed by atoms with Gasteiger partial charge in [-0.25, -0.2) is 0 Å². The number of rotatable bonds is 4. The Morgan fingerprint density at radius 2 is 1.91 bits per heavy atom. The summed E-state index contributed by atoms with van der Waals surface area (Å²) in [6, 6.07) is 10.3. The Morgan fingerprint density at radius 1 is 1.13 bits per heavy atom. The van der Waals surface area contributed by atoms with Crippen molar-refractivity contribution in [3.8, 4) is 0 Å². The van der Waals surface area contributed by atoms with E-state index < -0.39 is 10.8 Å². The lowest BCUT2D eigenvalue weighted by molar-refractivity contribution is 0.0920. The molecule has 23 heavy (non-hydrogen) atoms. The van der Waals surface area contributed by atoms with Crippen molar-refractivity contribution < 1.29 is 9.59 Å². The molecule has 0 radical (unpaired) electrons. The number of carbonyl (C=O) groups is 2. The fourth-order valence-corrected chi connectivity index (χ4v) is 2.95. The number of hydrogen-bond acceptors (Lipinski definition) is 4. The second-order valence-corrected chi connectivity index (χ2v) is 6.12. The Labute approximate surface area is 146 Å². The molecule has 0 spiro atoms. The van der Waals surface area contributed by atoms with E-state index in [0.717, 1.165) is 0 Å². The number of benzene rings is 1. The van der Waals surface area contributed by atoms with E-state index in [0.29, 0.717) is 15.7 Å². The second-order valence-electron chi connectivity index (χ2n) is 4.92. The Bertz CT molecular complexity index is 832. The van der Waals surface area contributed by atoms with E-state index in [4.69, 9.17) is 11.6 Å². The van der Waals surface area contributed by atoms with E-state index in [9.17, 15) is 9.59 Å². The molecule has 0 amide bonds. The van der Waals surface area contributed by atoms with Crippen LogP contribution in [-0.4, -0.2) is 22.2 Å². The number of allylic oxidation sites excluding steroid dienone is 1. The van der Waals surface area contributed by atoms with Gasteiger partial charge in [0.1, 0.15) is 0 Å². The molecule has 2 heterocycles. The molecule has 1 atom stereocenters. The molecule has 4 nitrogen and oxygen atoms in total. The van der Waals surface area contributed by atoms with Crippen LogP contribution in [0.4, 0.5) is 0 Å². The lowest BCUT2D eigenvalue weighted by Gasteiger charge is -2.23. The molecular weight excluding hydrogens is 380 g/mol. The summed E-state index contributed by atoms with van der Waals surface area (Å²) < 4.78 is 0.687. The average Bonchev–Trinajstić information content (AvgIpc) is 3.06. The molecule has 0 bridgehead atoms. The summed E-state index contributed by atoms with van der Waals surface area (Å²) in [6.45, 7) is 0. The number of aromatic nitrogens is 1. The largest absolute Gasteiger partial charge is 0.291 e. The minimum atomic E-state index is -1.22. The number of aliphatic imine (C=N–C) groups is 1. The maximum absolute atomic E-state index is 13.1. The zero-order valence-corrected chi connectivity index (χ0v) is 14.1. The first-order chi connectivity index (χ1) is 11.0. The number of Topliss-reactive ketones (excluding diaryl/α,β-unsaturated/α-hetero) is 1. The molecule has 1 aliphatic heterocycles. The average molecular weight is 390 g/mol. The molecule has 0 saturated carbocycles. The highest BCUT2D eigenvalue weighted by atomic mass is 79.9. The molecule has 0 saturated heterocycles. The normalized spacial score (nSPS) is 19.0. The number of carbonyl (C=O) groups excluding carboxylic acids is 2. The van der Waals surface area contributed by atoms with E-state index in [1.807, 2.05) is 6.07 Å². The summed E-state index contributed by atoms with van der Waals surface area (Å²) in [7, 11) is 0. The maximum Gasteiger partial charge on any atom is 0.253 e. The van der Waals surface area contributed by atoms with Crippen molar-refractivity contribution in [2.45, 2.75) is 5.54 Å². The van der Waals surface area contributed by atoms with Crippen molar-refractivity contribution >= 4 is 44.8 Å². The summed E-state index contributed by atoms with van der Waals surface area (Å²) in [6.07, 6.45) is 6.31. The number of halogens is 2. The predicted octanol–water partition coefficient (Wildman–Crippen LogP) is 3.94. The Hall–Kier alpha value is -2.11. The van der Waals surface area contributed by atoms with Gasteiger partial charge >= 0.3 is 0 Å². The smallest absolute Gasteiger partial charge is 0.253 e. The van der Waals surface area contributed by atoms with E-state index in [2.05, 4.69) is 25.9 Å². The highest BCUT2D eigenvalue weighted by Gasteiger charge is 2.41. The fourth-order valence-electron chi connectivity index (χ4n) is 2.37. The van der Waals surface area contributed by atoms with Gasteiger partial charge in [0.05, 0.1) is 11.3 Å². The summed E-state index contributed by atoms with van der Waals surface area (Å²) >= 11 is 8.83. The van der Waals surface area contributed by atoms with Crippen molar-refractivity contribution in [2.24, 2.45) is 4.99 Å². The van der Waals surface area contributed by atoms with Gasteiger partial charge in [0.15, 0.2) is 5.54 Å². The molecular formula is C17H10BrClN2O2. The first-order valence-corrected chi connectivity index (χ1v) is 7.90. The number of hydrogen-bond donors (Lipinski definition) is 0. The van der Waals surface area contributed by atoms with Gasteiger partial charge in [0.25, 0.3) is 5.24 Å². The molecule has 3 rings (SSSR count). The molecule has 1 aromatic heterocycles. The summed E-state index contributed by atoms with van der Waals surface area (Å²) in [4.78, 5) is 32.8. The molecule has 2 aromatic rings. The van der Waals surface area contributed by atoms with E-state index in [-0.39, 0.29) is 11.3 Å². The highest BCUT2D eigenvalue weighted by molar-refractivity contribution is 9.10. The Morgan fingerprint density at radius 3 is 2.48 bits per heavy atom. The SMILES string of the molecule is O=C(Cl)c1ccc(C2(C(=O)c3ccccc3Br)C=CC=N2)nc1. The molecule has 1 unspecified atom stereocenters. The summed E-state index contributed by atoms with van der Waals surface area (Å²) in [5.41, 5.74) is -0.0112. The Balaban J connectivity index is 2.09. The highest BCUT2D eigenvalue weighted by Crippen LogP contribution is 2.35. The van der Waals surface area contributed by atoms with Crippen LogP contribution in [0.2, 0.25) is 0 Å². The van der Waals surface area contributed by atoms with Crippen LogP contribution in [0.15, 0.2) is 64.2 Å². The second kappa shape index (κ2) is 6.18. The van der Waals surface area contributed by atoms with Crippen molar-refractivity contribution in [1.29, 1.82) is 0 Å². The molecule has 114 valence electrons. The van der Waals surface area contributed by atoms with E-state index in [1.165, 1.54) is 12.3 Å². The van der Waals surface area contributed by atoms with E-state index >= 15 is 0 Å². The van der Waals surface area contributed by atoms with Crippen molar-refractivity contribution in [1.82, 2.24) is 4.98 Å². The van der Waals surface area contributed by atoms with Crippen molar-refractivity contribution in [3.05, 3.63) is 76.0 Å². The fraction of sp³-hybridized carbons (Fsp3) is 0.0588. The Kier molecular flexibility index (Phi) is 4.24. The predicted molar refractivity (Wildman–Crippen MR) is 92.2 cm³/mol. The summed E-state index contributed by atoms with van der Waals surface area (Å²) in [5.74, 6) is -0.201. The van der Waals surface area contributed by atoms with Crippen LogP contribution in [-0.2, 0) is 5.54 Å². The monoisotopic (exact) mass is 388 g/mol.